The monoisotopic (exact) mass is 386 g/mol. The average molecular weight is 387 g/mol. The molecule has 2 N–H and O–H groups in total. The molecule has 1 fully saturated rings. The first-order valence-electron chi connectivity index (χ1n) is 10.7. The Kier molecular flexibility index (Phi) is 5.36. The van der Waals surface area contributed by atoms with E-state index < -0.39 is 0 Å². The predicted molar refractivity (Wildman–Crippen MR) is 120 cm³/mol. The quantitative estimate of drug-likeness (QED) is 0.494. The number of rotatable bonds is 4. The fourth-order valence-electron chi connectivity index (χ4n) is 4.95. The van der Waals surface area contributed by atoms with Gasteiger partial charge in [-0.25, -0.2) is 0 Å². The molecule has 1 aliphatic carbocycles. The molecule has 2 heteroatoms. The summed E-state index contributed by atoms with van der Waals surface area (Å²) in [7, 11) is 0. The Balaban J connectivity index is 1.92. The van der Waals surface area contributed by atoms with Crippen LogP contribution in [-0.4, -0.2) is 10.2 Å². The van der Waals surface area contributed by atoms with Crippen LogP contribution in [-0.2, 0) is 5.41 Å². The second kappa shape index (κ2) is 7.94. The van der Waals surface area contributed by atoms with E-state index in [-0.39, 0.29) is 16.9 Å². The molecule has 2 nitrogen and oxygen atoms in total. The first-order valence-corrected chi connectivity index (χ1v) is 10.7. The molecule has 150 valence electrons. The summed E-state index contributed by atoms with van der Waals surface area (Å²) in [4.78, 5) is 0. The van der Waals surface area contributed by atoms with Crippen LogP contribution in [0.2, 0.25) is 0 Å². The number of phenols is 2. The van der Waals surface area contributed by atoms with E-state index in [0.717, 1.165) is 16.7 Å². The molecule has 3 aromatic rings. The molecule has 0 heterocycles. The Morgan fingerprint density at radius 2 is 1.24 bits per heavy atom. The van der Waals surface area contributed by atoms with Gasteiger partial charge >= 0.3 is 0 Å². The Hall–Kier alpha value is -2.74. The molecule has 0 aromatic heterocycles. The Bertz CT molecular complexity index is 962. The maximum Gasteiger partial charge on any atom is 0.115 e. The molecule has 0 bridgehead atoms. The molecule has 0 saturated heterocycles. The molecule has 0 radical (unpaired) electrons. The summed E-state index contributed by atoms with van der Waals surface area (Å²) in [6.07, 6.45) is 6.56. The molecule has 0 aliphatic heterocycles. The summed E-state index contributed by atoms with van der Waals surface area (Å²) in [5.41, 5.74) is 6.02. The van der Waals surface area contributed by atoms with Gasteiger partial charge in [0.05, 0.1) is 0 Å². The van der Waals surface area contributed by atoms with Crippen molar-refractivity contribution >= 4 is 0 Å². The van der Waals surface area contributed by atoms with Crippen LogP contribution < -0.4 is 0 Å². The van der Waals surface area contributed by atoms with E-state index in [0.29, 0.717) is 5.92 Å². The van der Waals surface area contributed by atoms with Crippen LogP contribution in [0.15, 0.2) is 66.7 Å². The van der Waals surface area contributed by atoms with Crippen molar-refractivity contribution in [3.05, 3.63) is 72.3 Å². The highest BCUT2D eigenvalue weighted by atomic mass is 16.3. The van der Waals surface area contributed by atoms with Crippen molar-refractivity contribution in [3.8, 4) is 33.8 Å². The third-order valence-electron chi connectivity index (χ3n) is 6.72. The van der Waals surface area contributed by atoms with Crippen LogP contribution in [0.1, 0.15) is 51.5 Å². The average Bonchev–Trinajstić information content (AvgIpc) is 2.75. The van der Waals surface area contributed by atoms with Gasteiger partial charge in [-0.1, -0.05) is 75.6 Å². The number of hydrogen-bond donors (Lipinski definition) is 2. The first kappa shape index (κ1) is 19.6. The summed E-state index contributed by atoms with van der Waals surface area (Å²) in [5.74, 6) is 1.23. The van der Waals surface area contributed by atoms with Crippen LogP contribution in [0.3, 0.4) is 0 Å². The number of phenolic OH excluding ortho intramolecular Hbond substituents is 2. The van der Waals surface area contributed by atoms with Gasteiger partial charge in [-0.3, -0.25) is 0 Å². The largest absolute Gasteiger partial charge is 0.508 e. The molecule has 29 heavy (non-hydrogen) atoms. The van der Waals surface area contributed by atoms with Crippen molar-refractivity contribution in [1.82, 2.24) is 0 Å². The molecule has 4 rings (SSSR count). The highest BCUT2D eigenvalue weighted by molar-refractivity contribution is 5.86. The van der Waals surface area contributed by atoms with Gasteiger partial charge in [0.15, 0.2) is 0 Å². The van der Waals surface area contributed by atoms with Crippen molar-refractivity contribution < 1.29 is 10.2 Å². The topological polar surface area (TPSA) is 40.5 Å². The predicted octanol–water partition coefficient (Wildman–Crippen LogP) is 7.29. The minimum absolute atomic E-state index is 0.0561. The van der Waals surface area contributed by atoms with Crippen LogP contribution in [0, 0.1) is 5.92 Å². The van der Waals surface area contributed by atoms with E-state index in [4.69, 9.17) is 0 Å². The van der Waals surface area contributed by atoms with Crippen LogP contribution in [0.25, 0.3) is 22.3 Å². The van der Waals surface area contributed by atoms with Crippen molar-refractivity contribution in [3.63, 3.8) is 0 Å². The molecule has 1 aliphatic rings. The molecule has 0 atom stereocenters. The van der Waals surface area contributed by atoms with Gasteiger partial charge in [0, 0.05) is 0 Å². The number of benzene rings is 3. The standard InChI is InChI=1S/C27H30O2/c1-27(2,21-7-4-3-5-8-21)25-10-6-9-24(19-11-15-22(28)16-12-19)26(25)20-13-17-23(29)18-14-20/h6,9-18,21,28-29H,3-5,7-8H2,1-2H3. The zero-order valence-electron chi connectivity index (χ0n) is 17.4. The Morgan fingerprint density at radius 3 is 1.83 bits per heavy atom. The molecule has 1 saturated carbocycles. The van der Waals surface area contributed by atoms with E-state index in [9.17, 15) is 10.2 Å². The lowest BCUT2D eigenvalue weighted by Crippen LogP contribution is -2.31. The maximum absolute atomic E-state index is 9.83. The SMILES string of the molecule is CC(C)(c1cccc(-c2ccc(O)cc2)c1-c1ccc(O)cc1)C1CCCCC1. The van der Waals surface area contributed by atoms with Crippen molar-refractivity contribution in [2.24, 2.45) is 5.92 Å². The van der Waals surface area contributed by atoms with Crippen molar-refractivity contribution in [2.75, 3.05) is 0 Å². The lowest BCUT2D eigenvalue weighted by molar-refractivity contribution is 0.236. The molecule has 0 unspecified atom stereocenters. The third-order valence-corrected chi connectivity index (χ3v) is 6.72. The second-order valence-corrected chi connectivity index (χ2v) is 8.88. The fourth-order valence-corrected chi connectivity index (χ4v) is 4.95. The summed E-state index contributed by atoms with van der Waals surface area (Å²) in [6, 6.07) is 21.6. The summed E-state index contributed by atoms with van der Waals surface area (Å²) in [5, 5.41) is 19.6. The minimum Gasteiger partial charge on any atom is -0.508 e. The van der Waals surface area contributed by atoms with Crippen molar-refractivity contribution in [1.29, 1.82) is 0 Å². The summed E-state index contributed by atoms with van der Waals surface area (Å²) >= 11 is 0. The van der Waals surface area contributed by atoms with E-state index in [1.165, 1.54) is 43.2 Å². The van der Waals surface area contributed by atoms with E-state index >= 15 is 0 Å². The smallest absolute Gasteiger partial charge is 0.115 e. The van der Waals surface area contributed by atoms with Crippen LogP contribution in [0.4, 0.5) is 0 Å². The Morgan fingerprint density at radius 1 is 0.690 bits per heavy atom. The first-order chi connectivity index (χ1) is 14.0. The van der Waals surface area contributed by atoms with Gasteiger partial charge in [-0.15, -0.1) is 0 Å². The second-order valence-electron chi connectivity index (χ2n) is 8.88. The van der Waals surface area contributed by atoms with Gasteiger partial charge in [0.2, 0.25) is 0 Å². The molecular weight excluding hydrogens is 356 g/mol. The van der Waals surface area contributed by atoms with Gasteiger partial charge in [0.1, 0.15) is 11.5 Å². The Labute approximate surface area is 173 Å². The lowest BCUT2D eigenvalue weighted by Gasteiger charge is -2.39. The zero-order chi connectivity index (χ0) is 20.4. The van der Waals surface area contributed by atoms with E-state index in [1.54, 1.807) is 24.3 Å². The normalized spacial score (nSPS) is 15.4. The van der Waals surface area contributed by atoms with Gasteiger partial charge in [0.25, 0.3) is 0 Å². The number of hydrogen-bond acceptors (Lipinski definition) is 2. The van der Waals surface area contributed by atoms with Gasteiger partial charge in [-0.2, -0.15) is 0 Å². The molecule has 3 aromatic carbocycles. The maximum atomic E-state index is 9.83. The van der Waals surface area contributed by atoms with Crippen LogP contribution in [0.5, 0.6) is 11.5 Å². The fraction of sp³-hybridized carbons (Fsp3) is 0.333. The summed E-state index contributed by atoms with van der Waals surface area (Å²) in [6.45, 7) is 4.78. The van der Waals surface area contributed by atoms with Gasteiger partial charge < -0.3 is 10.2 Å². The van der Waals surface area contributed by atoms with Crippen LogP contribution >= 0.6 is 0 Å². The molecule has 0 amide bonds. The molecular formula is C27H30O2. The van der Waals surface area contributed by atoms with E-state index in [2.05, 4.69) is 32.0 Å². The van der Waals surface area contributed by atoms with Gasteiger partial charge in [-0.05, 0) is 76.3 Å². The minimum atomic E-state index is 0.0561. The van der Waals surface area contributed by atoms with E-state index in [1.807, 2.05) is 24.3 Å². The molecule has 0 spiro atoms. The summed E-state index contributed by atoms with van der Waals surface area (Å²) < 4.78 is 0. The zero-order valence-corrected chi connectivity index (χ0v) is 17.4. The highest BCUT2D eigenvalue weighted by Crippen LogP contribution is 2.47. The lowest BCUT2D eigenvalue weighted by atomic mass is 9.65. The third kappa shape index (κ3) is 3.89. The number of aromatic hydroxyl groups is 2. The van der Waals surface area contributed by atoms with Crippen molar-refractivity contribution in [2.45, 2.75) is 51.4 Å². The highest BCUT2D eigenvalue weighted by Gasteiger charge is 2.34.